The lowest BCUT2D eigenvalue weighted by Crippen LogP contribution is -2.35. The Bertz CT molecular complexity index is 585. The van der Waals surface area contributed by atoms with Gasteiger partial charge in [0.2, 0.25) is 15.9 Å². The van der Waals surface area contributed by atoms with Crippen LogP contribution in [0.15, 0.2) is 23.1 Å². The van der Waals surface area contributed by atoms with E-state index in [1.54, 1.807) is 19.1 Å². The molecule has 7 heteroatoms. The lowest BCUT2D eigenvalue weighted by atomic mass is 10.1. The highest BCUT2D eigenvalue weighted by molar-refractivity contribution is 7.89. The molecule has 0 heterocycles. The number of sulfonamides is 1. The lowest BCUT2D eigenvalue weighted by Gasteiger charge is -2.15. The topological polar surface area (TPSA) is 101 Å². The third kappa shape index (κ3) is 3.78. The van der Waals surface area contributed by atoms with Crippen LogP contribution in [0.1, 0.15) is 25.3 Å². The van der Waals surface area contributed by atoms with Crippen molar-refractivity contribution in [2.45, 2.75) is 37.6 Å². The van der Waals surface area contributed by atoms with Gasteiger partial charge in [0.1, 0.15) is 0 Å². The third-order valence-electron chi connectivity index (χ3n) is 3.04. The summed E-state index contributed by atoms with van der Waals surface area (Å²) in [4.78, 5) is 12.0. The van der Waals surface area contributed by atoms with Gasteiger partial charge in [-0.1, -0.05) is 19.4 Å². The Kier molecular flexibility index (Phi) is 5.67. The van der Waals surface area contributed by atoms with Crippen molar-refractivity contribution in [1.82, 2.24) is 4.72 Å². The number of nitrogens with one attached hydrogen (secondary N) is 2. The summed E-state index contributed by atoms with van der Waals surface area (Å²) in [5.74, 6) is -0.311. The van der Waals surface area contributed by atoms with E-state index in [0.29, 0.717) is 17.7 Å². The van der Waals surface area contributed by atoms with Crippen LogP contribution in [0.25, 0.3) is 0 Å². The molecule has 0 aromatic heterocycles. The fourth-order valence-corrected chi connectivity index (χ4v) is 2.81. The van der Waals surface area contributed by atoms with E-state index < -0.39 is 16.1 Å². The van der Waals surface area contributed by atoms with Crippen molar-refractivity contribution in [1.29, 1.82) is 0 Å². The molecule has 1 unspecified atom stereocenters. The molecule has 1 rings (SSSR count). The number of benzene rings is 1. The van der Waals surface area contributed by atoms with Crippen LogP contribution < -0.4 is 15.8 Å². The highest BCUT2D eigenvalue weighted by atomic mass is 32.2. The first-order chi connectivity index (χ1) is 9.33. The molecule has 1 amide bonds. The standard InChI is InChI=1S/C13H21N3O3S/c1-4-6-10(14)13(17)16-11-7-5-8-12(9(11)2)20(18,19)15-3/h5,7-8,10,15H,4,6,14H2,1-3H3,(H,16,17). The number of hydrogen-bond donors (Lipinski definition) is 3. The Balaban J connectivity index is 3.05. The number of amides is 1. The van der Waals surface area contributed by atoms with Crippen LogP contribution in [-0.2, 0) is 14.8 Å². The second-order valence-corrected chi connectivity index (χ2v) is 6.38. The molecule has 0 radical (unpaired) electrons. The Morgan fingerprint density at radius 1 is 1.40 bits per heavy atom. The van der Waals surface area contributed by atoms with Crippen molar-refractivity contribution in [3.05, 3.63) is 23.8 Å². The molecule has 1 atom stereocenters. The molecule has 112 valence electrons. The summed E-state index contributed by atoms with van der Waals surface area (Å²) in [6.07, 6.45) is 1.39. The maximum absolute atomic E-state index is 11.9. The maximum Gasteiger partial charge on any atom is 0.241 e. The molecular weight excluding hydrogens is 278 g/mol. The van der Waals surface area contributed by atoms with Crippen molar-refractivity contribution in [3.63, 3.8) is 0 Å². The number of anilines is 1. The second kappa shape index (κ2) is 6.83. The highest BCUT2D eigenvalue weighted by Crippen LogP contribution is 2.22. The molecule has 4 N–H and O–H groups in total. The predicted molar refractivity (Wildman–Crippen MR) is 78.9 cm³/mol. The molecule has 0 fully saturated rings. The van der Waals surface area contributed by atoms with Crippen LogP contribution in [0.4, 0.5) is 5.69 Å². The number of rotatable bonds is 6. The first-order valence-corrected chi connectivity index (χ1v) is 7.91. The number of nitrogens with two attached hydrogens (primary N) is 1. The number of carbonyl (C=O) groups excluding carboxylic acids is 1. The van der Waals surface area contributed by atoms with Gasteiger partial charge in [0.25, 0.3) is 0 Å². The SMILES string of the molecule is CCCC(N)C(=O)Nc1cccc(S(=O)(=O)NC)c1C. The Labute approximate surface area is 119 Å². The van der Waals surface area contributed by atoms with Gasteiger partial charge in [-0.25, -0.2) is 13.1 Å². The summed E-state index contributed by atoms with van der Waals surface area (Å²) in [5.41, 5.74) is 6.67. The van der Waals surface area contributed by atoms with E-state index in [2.05, 4.69) is 10.0 Å². The summed E-state index contributed by atoms with van der Waals surface area (Å²) >= 11 is 0. The Morgan fingerprint density at radius 2 is 2.05 bits per heavy atom. The number of carbonyl (C=O) groups is 1. The van der Waals surface area contributed by atoms with E-state index in [9.17, 15) is 13.2 Å². The van der Waals surface area contributed by atoms with E-state index in [1.165, 1.54) is 13.1 Å². The summed E-state index contributed by atoms with van der Waals surface area (Å²) < 4.78 is 26.0. The minimum atomic E-state index is -3.55. The van der Waals surface area contributed by atoms with Gasteiger partial charge in [0.05, 0.1) is 10.9 Å². The van der Waals surface area contributed by atoms with Crippen LogP contribution >= 0.6 is 0 Å². The third-order valence-corrected chi connectivity index (χ3v) is 4.60. The first-order valence-electron chi connectivity index (χ1n) is 6.43. The van der Waals surface area contributed by atoms with E-state index in [0.717, 1.165) is 6.42 Å². The molecular formula is C13H21N3O3S. The van der Waals surface area contributed by atoms with Gasteiger partial charge in [-0.2, -0.15) is 0 Å². The van der Waals surface area contributed by atoms with Gasteiger partial charge in [-0.3, -0.25) is 4.79 Å². The van der Waals surface area contributed by atoms with Gasteiger partial charge >= 0.3 is 0 Å². The van der Waals surface area contributed by atoms with Gasteiger partial charge in [-0.05, 0) is 38.1 Å². The van der Waals surface area contributed by atoms with E-state index in [1.807, 2.05) is 6.92 Å². The van der Waals surface area contributed by atoms with Crippen LogP contribution in [0.2, 0.25) is 0 Å². The average molecular weight is 299 g/mol. The Morgan fingerprint density at radius 3 is 2.60 bits per heavy atom. The van der Waals surface area contributed by atoms with E-state index in [4.69, 9.17) is 5.73 Å². The van der Waals surface area contributed by atoms with Gasteiger partial charge < -0.3 is 11.1 Å². The molecule has 6 nitrogen and oxygen atoms in total. The smallest absolute Gasteiger partial charge is 0.241 e. The summed E-state index contributed by atoms with van der Waals surface area (Å²) in [6.45, 7) is 3.59. The minimum Gasteiger partial charge on any atom is -0.324 e. The van der Waals surface area contributed by atoms with Crippen LogP contribution in [0.3, 0.4) is 0 Å². The van der Waals surface area contributed by atoms with Crippen molar-refractivity contribution < 1.29 is 13.2 Å². The molecule has 0 spiro atoms. The zero-order chi connectivity index (χ0) is 15.3. The summed E-state index contributed by atoms with van der Waals surface area (Å²) in [5, 5.41) is 2.68. The molecule has 1 aromatic carbocycles. The van der Waals surface area contributed by atoms with Crippen LogP contribution in [0, 0.1) is 6.92 Å². The van der Waals surface area contributed by atoms with Gasteiger partial charge in [0, 0.05) is 5.69 Å². The molecule has 0 bridgehead atoms. The minimum absolute atomic E-state index is 0.141. The monoisotopic (exact) mass is 299 g/mol. The molecule has 0 saturated carbocycles. The van der Waals surface area contributed by atoms with Crippen LogP contribution in [0.5, 0.6) is 0 Å². The largest absolute Gasteiger partial charge is 0.324 e. The maximum atomic E-state index is 11.9. The Hall–Kier alpha value is -1.44. The highest BCUT2D eigenvalue weighted by Gasteiger charge is 2.18. The molecule has 0 aliphatic carbocycles. The second-order valence-electron chi connectivity index (χ2n) is 4.52. The molecule has 0 saturated heterocycles. The fourth-order valence-electron chi connectivity index (χ4n) is 1.82. The molecule has 0 aliphatic rings. The summed E-state index contributed by atoms with van der Waals surface area (Å²) in [7, 11) is -2.21. The normalized spacial score (nSPS) is 13.0. The van der Waals surface area contributed by atoms with E-state index in [-0.39, 0.29) is 10.8 Å². The van der Waals surface area contributed by atoms with Crippen LogP contribution in [-0.4, -0.2) is 27.4 Å². The first kappa shape index (κ1) is 16.6. The quantitative estimate of drug-likeness (QED) is 0.728. The molecule has 20 heavy (non-hydrogen) atoms. The lowest BCUT2D eigenvalue weighted by molar-refractivity contribution is -0.117. The van der Waals surface area contributed by atoms with Crippen molar-refractivity contribution in [2.75, 3.05) is 12.4 Å². The zero-order valence-corrected chi connectivity index (χ0v) is 12.8. The number of hydrogen-bond acceptors (Lipinski definition) is 4. The van der Waals surface area contributed by atoms with E-state index >= 15 is 0 Å². The predicted octanol–water partition coefficient (Wildman–Crippen LogP) is 0.969. The summed E-state index contributed by atoms with van der Waals surface area (Å²) in [6, 6.07) is 4.13. The average Bonchev–Trinajstić information content (AvgIpc) is 2.41. The van der Waals surface area contributed by atoms with Crippen molar-refractivity contribution in [3.8, 4) is 0 Å². The molecule has 0 aliphatic heterocycles. The van der Waals surface area contributed by atoms with Crippen molar-refractivity contribution >= 4 is 21.6 Å². The zero-order valence-electron chi connectivity index (χ0n) is 11.9. The molecule has 1 aromatic rings. The van der Waals surface area contributed by atoms with Gasteiger partial charge in [0.15, 0.2) is 0 Å². The van der Waals surface area contributed by atoms with Gasteiger partial charge in [-0.15, -0.1) is 0 Å². The fraction of sp³-hybridized carbons (Fsp3) is 0.462. The van der Waals surface area contributed by atoms with Crippen molar-refractivity contribution in [2.24, 2.45) is 5.73 Å².